The SMILES string of the molecule is C=C(C)C(=O)Oc1ccc(C(CC)OCC(C)O)cc1. The molecule has 2 atom stereocenters. The molecular weight excluding hydrogens is 256 g/mol. The van der Waals surface area contributed by atoms with Crippen LogP contribution >= 0.6 is 0 Å². The van der Waals surface area contributed by atoms with Gasteiger partial charge >= 0.3 is 5.97 Å². The van der Waals surface area contributed by atoms with E-state index in [4.69, 9.17) is 9.47 Å². The maximum Gasteiger partial charge on any atom is 0.338 e. The van der Waals surface area contributed by atoms with Crippen molar-refractivity contribution in [2.75, 3.05) is 6.61 Å². The first kappa shape index (κ1) is 16.4. The van der Waals surface area contributed by atoms with E-state index in [1.165, 1.54) is 0 Å². The smallest absolute Gasteiger partial charge is 0.338 e. The van der Waals surface area contributed by atoms with Gasteiger partial charge in [-0.25, -0.2) is 4.79 Å². The third-order valence-corrected chi connectivity index (χ3v) is 2.72. The Hall–Kier alpha value is -1.65. The Morgan fingerprint density at radius 1 is 1.35 bits per heavy atom. The molecular formula is C16H22O4. The first-order chi connectivity index (χ1) is 9.43. The molecule has 1 rings (SSSR count). The lowest BCUT2D eigenvalue weighted by Crippen LogP contribution is -2.14. The largest absolute Gasteiger partial charge is 0.423 e. The van der Waals surface area contributed by atoms with Crippen LogP contribution < -0.4 is 4.74 Å². The standard InChI is InChI=1S/C16H22O4/c1-5-15(19-10-12(4)17)13-6-8-14(9-7-13)20-16(18)11(2)3/h6-9,12,15,17H,2,5,10H2,1,3-4H3. The second-order valence-corrected chi connectivity index (χ2v) is 4.82. The predicted molar refractivity (Wildman–Crippen MR) is 77.6 cm³/mol. The number of ether oxygens (including phenoxy) is 2. The summed E-state index contributed by atoms with van der Waals surface area (Å²) in [5.41, 5.74) is 1.35. The van der Waals surface area contributed by atoms with Gasteiger partial charge in [0.2, 0.25) is 0 Å². The molecule has 0 aliphatic rings. The molecule has 20 heavy (non-hydrogen) atoms. The van der Waals surface area contributed by atoms with E-state index >= 15 is 0 Å². The van der Waals surface area contributed by atoms with Gasteiger partial charge in [0, 0.05) is 5.57 Å². The van der Waals surface area contributed by atoms with E-state index in [1.807, 2.05) is 19.1 Å². The van der Waals surface area contributed by atoms with E-state index in [0.717, 1.165) is 12.0 Å². The Bertz CT molecular complexity index is 448. The van der Waals surface area contributed by atoms with Gasteiger partial charge in [-0.05, 0) is 38.0 Å². The van der Waals surface area contributed by atoms with Crippen LogP contribution in [0.2, 0.25) is 0 Å². The number of benzene rings is 1. The highest BCUT2D eigenvalue weighted by Crippen LogP contribution is 2.24. The van der Waals surface area contributed by atoms with E-state index in [0.29, 0.717) is 17.9 Å². The van der Waals surface area contributed by atoms with Gasteiger partial charge in [0.1, 0.15) is 5.75 Å². The van der Waals surface area contributed by atoms with Gasteiger partial charge in [-0.1, -0.05) is 25.6 Å². The van der Waals surface area contributed by atoms with Gasteiger partial charge in [0.25, 0.3) is 0 Å². The zero-order chi connectivity index (χ0) is 15.1. The second-order valence-electron chi connectivity index (χ2n) is 4.82. The highest BCUT2D eigenvalue weighted by molar-refractivity contribution is 5.88. The number of aliphatic hydroxyl groups excluding tert-OH is 1. The van der Waals surface area contributed by atoms with Crippen molar-refractivity contribution in [3.8, 4) is 5.75 Å². The van der Waals surface area contributed by atoms with E-state index in [9.17, 15) is 9.90 Å². The number of rotatable bonds is 7. The molecule has 4 nitrogen and oxygen atoms in total. The van der Waals surface area contributed by atoms with E-state index in [-0.39, 0.29) is 6.10 Å². The monoisotopic (exact) mass is 278 g/mol. The summed E-state index contributed by atoms with van der Waals surface area (Å²) in [4.78, 5) is 11.4. The lowest BCUT2D eigenvalue weighted by molar-refractivity contribution is -0.130. The Morgan fingerprint density at radius 3 is 2.40 bits per heavy atom. The Kier molecular flexibility index (Phi) is 6.42. The number of esters is 1. The van der Waals surface area contributed by atoms with E-state index < -0.39 is 12.1 Å². The van der Waals surface area contributed by atoms with Crippen molar-refractivity contribution in [1.29, 1.82) is 0 Å². The fourth-order valence-corrected chi connectivity index (χ4v) is 1.65. The van der Waals surface area contributed by atoms with Crippen molar-refractivity contribution in [2.24, 2.45) is 0 Å². The maximum absolute atomic E-state index is 11.4. The lowest BCUT2D eigenvalue weighted by atomic mass is 10.1. The van der Waals surface area contributed by atoms with Crippen LogP contribution in [0.3, 0.4) is 0 Å². The molecule has 0 aromatic heterocycles. The van der Waals surface area contributed by atoms with Crippen molar-refractivity contribution in [3.63, 3.8) is 0 Å². The van der Waals surface area contributed by atoms with Gasteiger partial charge < -0.3 is 14.6 Å². The molecule has 0 saturated carbocycles. The van der Waals surface area contributed by atoms with Crippen molar-refractivity contribution in [3.05, 3.63) is 42.0 Å². The summed E-state index contributed by atoms with van der Waals surface area (Å²) in [6, 6.07) is 7.17. The van der Waals surface area contributed by atoms with Crippen LogP contribution in [0.4, 0.5) is 0 Å². The molecule has 2 unspecified atom stereocenters. The summed E-state index contributed by atoms with van der Waals surface area (Å²) in [6.45, 7) is 9.14. The average Bonchev–Trinajstić information content (AvgIpc) is 2.40. The molecule has 110 valence electrons. The van der Waals surface area contributed by atoms with Gasteiger partial charge in [-0.15, -0.1) is 0 Å². The Morgan fingerprint density at radius 2 is 1.95 bits per heavy atom. The molecule has 0 aliphatic heterocycles. The molecule has 0 aliphatic carbocycles. The van der Waals surface area contributed by atoms with Crippen LogP contribution in [0.5, 0.6) is 5.75 Å². The number of aliphatic hydroxyl groups is 1. The lowest BCUT2D eigenvalue weighted by Gasteiger charge is -2.18. The van der Waals surface area contributed by atoms with E-state index in [2.05, 4.69) is 6.58 Å². The predicted octanol–water partition coefficient (Wildman–Crippen LogP) is 3.02. The minimum Gasteiger partial charge on any atom is -0.423 e. The number of carbonyl (C=O) groups excluding carboxylic acids is 1. The van der Waals surface area contributed by atoms with Crippen LogP contribution in [-0.4, -0.2) is 23.8 Å². The zero-order valence-corrected chi connectivity index (χ0v) is 12.3. The average molecular weight is 278 g/mol. The molecule has 4 heteroatoms. The van der Waals surface area contributed by atoms with E-state index in [1.54, 1.807) is 26.0 Å². The third-order valence-electron chi connectivity index (χ3n) is 2.72. The minimum absolute atomic E-state index is 0.0736. The van der Waals surface area contributed by atoms with Gasteiger partial charge in [0.05, 0.1) is 18.8 Å². The summed E-state index contributed by atoms with van der Waals surface area (Å²) in [6.07, 6.45) is 0.243. The molecule has 0 heterocycles. The van der Waals surface area contributed by atoms with Crippen LogP contribution in [0, 0.1) is 0 Å². The molecule has 0 saturated heterocycles. The van der Waals surface area contributed by atoms with Crippen LogP contribution in [0.15, 0.2) is 36.4 Å². The van der Waals surface area contributed by atoms with Gasteiger partial charge in [-0.3, -0.25) is 0 Å². The maximum atomic E-state index is 11.4. The zero-order valence-electron chi connectivity index (χ0n) is 12.3. The van der Waals surface area contributed by atoms with Crippen molar-refractivity contribution in [1.82, 2.24) is 0 Å². The van der Waals surface area contributed by atoms with Crippen molar-refractivity contribution >= 4 is 5.97 Å². The summed E-state index contributed by atoms with van der Waals surface area (Å²) < 4.78 is 10.7. The van der Waals surface area contributed by atoms with Crippen molar-refractivity contribution < 1.29 is 19.4 Å². The molecule has 1 aromatic rings. The van der Waals surface area contributed by atoms with Crippen LogP contribution in [-0.2, 0) is 9.53 Å². The first-order valence-corrected chi connectivity index (χ1v) is 6.71. The Labute approximate surface area is 120 Å². The Balaban J connectivity index is 2.68. The normalized spacial score (nSPS) is 13.6. The number of carbonyl (C=O) groups is 1. The molecule has 0 bridgehead atoms. The molecule has 1 aromatic carbocycles. The number of hydrogen-bond acceptors (Lipinski definition) is 4. The van der Waals surface area contributed by atoms with Crippen molar-refractivity contribution in [2.45, 2.75) is 39.4 Å². The fraction of sp³-hybridized carbons (Fsp3) is 0.438. The summed E-state index contributed by atoms with van der Waals surface area (Å²) >= 11 is 0. The first-order valence-electron chi connectivity index (χ1n) is 6.71. The molecule has 1 N–H and O–H groups in total. The molecule has 0 spiro atoms. The third kappa shape index (κ3) is 5.15. The summed E-state index contributed by atoms with van der Waals surface area (Å²) in [7, 11) is 0. The van der Waals surface area contributed by atoms with Crippen LogP contribution in [0.25, 0.3) is 0 Å². The quantitative estimate of drug-likeness (QED) is 0.473. The highest BCUT2D eigenvalue weighted by atomic mass is 16.5. The molecule has 0 amide bonds. The topological polar surface area (TPSA) is 55.8 Å². The van der Waals surface area contributed by atoms with Gasteiger partial charge in [0.15, 0.2) is 0 Å². The molecule has 0 fully saturated rings. The highest BCUT2D eigenvalue weighted by Gasteiger charge is 2.12. The fourth-order valence-electron chi connectivity index (χ4n) is 1.65. The second kappa shape index (κ2) is 7.82. The summed E-state index contributed by atoms with van der Waals surface area (Å²) in [5, 5.41) is 9.25. The number of hydrogen-bond donors (Lipinski definition) is 1. The minimum atomic E-state index is -0.486. The molecule has 0 radical (unpaired) electrons. The van der Waals surface area contributed by atoms with Crippen LogP contribution in [0.1, 0.15) is 38.9 Å². The van der Waals surface area contributed by atoms with Gasteiger partial charge in [-0.2, -0.15) is 0 Å². The summed E-state index contributed by atoms with van der Waals surface area (Å²) in [5.74, 6) is 0.0438.